The van der Waals surface area contributed by atoms with E-state index in [1.807, 2.05) is 0 Å². The number of amides is 1. The maximum Gasteiger partial charge on any atom is 0.232 e. The van der Waals surface area contributed by atoms with E-state index in [0.717, 1.165) is 11.3 Å². The first-order valence-corrected chi connectivity index (χ1v) is 11.0. The second-order valence-corrected chi connectivity index (χ2v) is 9.49. The van der Waals surface area contributed by atoms with Crippen molar-refractivity contribution in [3.63, 3.8) is 0 Å². The van der Waals surface area contributed by atoms with Crippen LogP contribution in [0.5, 0.6) is 0 Å². The van der Waals surface area contributed by atoms with Gasteiger partial charge in [0.25, 0.3) is 0 Å². The number of aliphatic hydroxyl groups excluding tert-OH is 1. The highest BCUT2D eigenvalue weighted by molar-refractivity contribution is 6.32. The number of aliphatic hydroxyl groups is 1. The minimum absolute atomic E-state index is 0.194. The van der Waals surface area contributed by atoms with E-state index in [-0.39, 0.29) is 22.2 Å². The van der Waals surface area contributed by atoms with Crippen molar-refractivity contribution in [2.45, 2.75) is 44.6 Å². The molecule has 1 amide bonds. The van der Waals surface area contributed by atoms with Crippen molar-refractivity contribution in [1.29, 1.82) is 0 Å². The van der Waals surface area contributed by atoms with Gasteiger partial charge in [0.15, 0.2) is 16.6 Å². The topological polar surface area (TPSA) is 123 Å². The summed E-state index contributed by atoms with van der Waals surface area (Å²) in [7, 11) is 0. The first-order valence-electron chi connectivity index (χ1n) is 10.3. The molecule has 0 saturated carbocycles. The summed E-state index contributed by atoms with van der Waals surface area (Å²) in [6, 6.07) is 3.28. The van der Waals surface area contributed by atoms with E-state index in [1.165, 1.54) is 17.2 Å². The Labute approximate surface area is 198 Å². The molecule has 0 saturated heterocycles. The number of nitrogens with zero attached hydrogens (tertiary/aromatic N) is 7. The molecule has 0 unspecified atom stereocenters. The Bertz CT molecular complexity index is 1390. The zero-order chi connectivity index (χ0) is 23.5. The van der Waals surface area contributed by atoms with Crippen LogP contribution in [0, 0.1) is 0 Å². The molecule has 10 nitrogen and oxygen atoms in total. The van der Waals surface area contributed by atoms with Gasteiger partial charge in [-0.1, -0.05) is 37.0 Å². The van der Waals surface area contributed by atoms with Crippen molar-refractivity contribution < 1.29 is 9.90 Å². The summed E-state index contributed by atoms with van der Waals surface area (Å²) in [5, 5.41) is 25.7. The first-order chi connectivity index (χ1) is 15.6. The van der Waals surface area contributed by atoms with Crippen LogP contribution in [0.25, 0.3) is 11.5 Å². The van der Waals surface area contributed by atoms with Gasteiger partial charge in [-0.2, -0.15) is 10.2 Å². The molecule has 12 heteroatoms. The summed E-state index contributed by atoms with van der Waals surface area (Å²) in [6.07, 6.45) is 4.47. The largest absolute Gasteiger partial charge is 0.387 e. The van der Waals surface area contributed by atoms with Crippen molar-refractivity contribution in [3.8, 4) is 5.82 Å². The zero-order valence-electron chi connectivity index (χ0n) is 18.0. The third-order valence-electron chi connectivity index (χ3n) is 5.75. The lowest BCUT2D eigenvalue weighted by Gasteiger charge is -2.19. The van der Waals surface area contributed by atoms with Gasteiger partial charge in [-0.3, -0.25) is 4.79 Å². The number of anilines is 1. The molecule has 0 bridgehead atoms. The molecule has 1 aliphatic rings. The number of carbonyl (C=O) groups excluding carboxylic acids is 1. The lowest BCUT2D eigenvalue weighted by atomic mass is 9.88. The standard InChI is InChI=1S/C21H20Cl2N8O2/c1-10(32)15-9-26-31(28-15)19-14(22)4-11(7-25-19)27-20(33)12-6-21(2,3)18-13(12)8-24-17-5-16(23)29-30(17)18/h4-5,7-10,12,32H,6H2,1-3H3,(H,27,33)/t10-,12+/m0/s1. The SMILES string of the molecule is C[C@H](O)c1cnn(-c2ncc(NC(=O)[C@@H]3CC(C)(C)c4c3cnc3cc(Cl)nn43)cc2Cl)n1. The summed E-state index contributed by atoms with van der Waals surface area (Å²) in [5.74, 6) is -0.328. The molecule has 1 aliphatic carbocycles. The molecule has 5 rings (SSSR count). The fraction of sp³-hybridized carbons (Fsp3) is 0.333. The van der Waals surface area contributed by atoms with Gasteiger partial charge in [0.05, 0.1) is 40.8 Å². The molecule has 0 aromatic carbocycles. The van der Waals surface area contributed by atoms with E-state index in [2.05, 4.69) is 44.4 Å². The predicted molar refractivity (Wildman–Crippen MR) is 122 cm³/mol. The normalized spacial score (nSPS) is 17.8. The van der Waals surface area contributed by atoms with E-state index < -0.39 is 12.0 Å². The zero-order valence-corrected chi connectivity index (χ0v) is 19.5. The Hall–Kier alpha value is -3.08. The number of hydrogen-bond donors (Lipinski definition) is 2. The molecule has 2 N–H and O–H groups in total. The minimum Gasteiger partial charge on any atom is -0.387 e. The summed E-state index contributed by atoms with van der Waals surface area (Å²) < 4.78 is 1.72. The van der Waals surface area contributed by atoms with Gasteiger partial charge in [0.1, 0.15) is 5.69 Å². The number of fused-ring (bicyclic) bond motifs is 3. The van der Waals surface area contributed by atoms with Crippen molar-refractivity contribution in [3.05, 3.63) is 57.9 Å². The highest BCUT2D eigenvalue weighted by Gasteiger charge is 2.43. The monoisotopic (exact) mass is 486 g/mol. The molecule has 2 atom stereocenters. The van der Waals surface area contributed by atoms with Crippen LogP contribution in [0.4, 0.5) is 5.69 Å². The molecule has 170 valence electrons. The maximum atomic E-state index is 13.2. The van der Waals surface area contributed by atoms with Crippen LogP contribution in [-0.2, 0) is 10.2 Å². The number of pyridine rings is 1. The van der Waals surface area contributed by atoms with Gasteiger partial charge in [-0.05, 0) is 19.4 Å². The highest BCUT2D eigenvalue weighted by atomic mass is 35.5. The van der Waals surface area contributed by atoms with Crippen LogP contribution in [0.1, 0.15) is 56.2 Å². The summed E-state index contributed by atoms with van der Waals surface area (Å²) in [6.45, 7) is 5.73. The van der Waals surface area contributed by atoms with Crippen molar-refractivity contribution in [2.75, 3.05) is 5.32 Å². The number of nitrogens with one attached hydrogen (secondary N) is 1. The maximum absolute atomic E-state index is 13.2. The number of hydrogen-bond acceptors (Lipinski definition) is 7. The summed E-state index contributed by atoms with van der Waals surface area (Å²) >= 11 is 12.5. The Morgan fingerprint density at radius 1 is 1.21 bits per heavy atom. The Balaban J connectivity index is 1.41. The molecule has 0 spiro atoms. The highest BCUT2D eigenvalue weighted by Crippen LogP contribution is 2.46. The number of halogens is 2. The van der Waals surface area contributed by atoms with Gasteiger partial charge >= 0.3 is 0 Å². The van der Waals surface area contributed by atoms with Crippen LogP contribution < -0.4 is 5.32 Å². The number of aromatic nitrogens is 7. The lowest BCUT2D eigenvalue weighted by Crippen LogP contribution is -2.21. The molecule has 33 heavy (non-hydrogen) atoms. The lowest BCUT2D eigenvalue weighted by molar-refractivity contribution is -0.117. The van der Waals surface area contributed by atoms with Crippen molar-refractivity contribution in [2.24, 2.45) is 0 Å². The average Bonchev–Trinajstić information content (AvgIpc) is 3.43. The average molecular weight is 487 g/mol. The quantitative estimate of drug-likeness (QED) is 0.452. The molecule has 0 aliphatic heterocycles. The molecular formula is C21H20Cl2N8O2. The van der Waals surface area contributed by atoms with Crippen LogP contribution in [-0.4, -0.2) is 45.6 Å². The smallest absolute Gasteiger partial charge is 0.232 e. The second-order valence-electron chi connectivity index (χ2n) is 8.69. The fourth-order valence-electron chi connectivity index (χ4n) is 4.25. The number of carbonyl (C=O) groups is 1. The number of rotatable bonds is 4. The van der Waals surface area contributed by atoms with Crippen molar-refractivity contribution in [1.82, 2.24) is 34.6 Å². The third-order valence-corrected chi connectivity index (χ3v) is 6.21. The molecule has 4 heterocycles. The van der Waals surface area contributed by atoms with Crippen LogP contribution in [0.3, 0.4) is 0 Å². The predicted octanol–water partition coefficient (Wildman–Crippen LogP) is 3.47. The fourth-order valence-corrected chi connectivity index (χ4v) is 4.66. The Kier molecular flexibility index (Phi) is 5.11. The van der Waals surface area contributed by atoms with Crippen LogP contribution in [0.2, 0.25) is 10.2 Å². The van der Waals surface area contributed by atoms with E-state index in [4.69, 9.17) is 23.2 Å². The molecular weight excluding hydrogens is 467 g/mol. The van der Waals surface area contributed by atoms with E-state index in [1.54, 1.807) is 29.8 Å². The van der Waals surface area contributed by atoms with Gasteiger partial charge in [-0.15, -0.1) is 9.90 Å². The van der Waals surface area contributed by atoms with Gasteiger partial charge in [0.2, 0.25) is 5.91 Å². The molecule has 0 radical (unpaired) electrons. The van der Waals surface area contributed by atoms with E-state index >= 15 is 0 Å². The van der Waals surface area contributed by atoms with Crippen LogP contribution in [0.15, 0.2) is 30.7 Å². The summed E-state index contributed by atoms with van der Waals surface area (Å²) in [4.78, 5) is 23.2. The minimum atomic E-state index is -0.761. The Morgan fingerprint density at radius 2 is 2.00 bits per heavy atom. The van der Waals surface area contributed by atoms with Gasteiger partial charge < -0.3 is 10.4 Å². The second kappa shape index (κ2) is 7.75. The van der Waals surface area contributed by atoms with E-state index in [0.29, 0.717) is 28.6 Å². The third kappa shape index (κ3) is 3.73. The van der Waals surface area contributed by atoms with Gasteiger partial charge in [0, 0.05) is 23.2 Å². The first kappa shape index (κ1) is 21.7. The van der Waals surface area contributed by atoms with Gasteiger partial charge in [-0.25, -0.2) is 14.5 Å². The molecule has 0 fully saturated rings. The molecule has 4 aromatic heterocycles. The summed E-state index contributed by atoms with van der Waals surface area (Å²) in [5.41, 5.74) is 2.91. The van der Waals surface area contributed by atoms with Crippen LogP contribution >= 0.6 is 23.2 Å². The molecule has 4 aromatic rings. The van der Waals surface area contributed by atoms with E-state index in [9.17, 15) is 9.90 Å². The Morgan fingerprint density at radius 3 is 2.70 bits per heavy atom. The van der Waals surface area contributed by atoms with Crippen molar-refractivity contribution >= 4 is 40.4 Å².